The van der Waals surface area contributed by atoms with Gasteiger partial charge in [-0.2, -0.15) is 0 Å². The van der Waals surface area contributed by atoms with E-state index in [2.05, 4.69) is 47.8 Å². The summed E-state index contributed by atoms with van der Waals surface area (Å²) in [6.07, 6.45) is 5.29. The minimum absolute atomic E-state index is 0.151. The van der Waals surface area contributed by atoms with Crippen LogP contribution in [0.25, 0.3) is 10.9 Å². The molecule has 0 spiro atoms. The molecule has 1 saturated heterocycles. The SMILES string of the molecule is COc1ccc(CCn2cnc3cc(N(C(=N)N4CC(C)NC(C)C4)C4CCCC(C)C4C)ccc3c2=O)c(F)c1. The summed E-state index contributed by atoms with van der Waals surface area (Å²) in [6.45, 7) is 10.8. The molecule has 2 heterocycles. The lowest BCUT2D eigenvalue weighted by Gasteiger charge is -2.47. The fourth-order valence-corrected chi connectivity index (χ4v) is 6.60. The first-order valence-electron chi connectivity index (χ1n) is 14.9. The standard InChI is InChI=1S/C32H43FN6O2/c1-20-7-6-8-30(23(20)4)39(32(34)38-17-21(2)36-22(3)18-38)25-10-12-27-29(15-25)35-19-37(31(27)40)14-13-24-9-11-26(41-5)16-28(24)33/h9-12,15-16,19-23,30,34,36H,6-8,13-14,17-18H2,1-5H3. The van der Waals surface area contributed by atoms with E-state index < -0.39 is 0 Å². The minimum atomic E-state index is -0.349. The van der Waals surface area contributed by atoms with Gasteiger partial charge in [0, 0.05) is 49.5 Å². The Morgan fingerprint density at radius 3 is 2.59 bits per heavy atom. The molecule has 2 N–H and O–H groups in total. The van der Waals surface area contributed by atoms with Gasteiger partial charge in [0.2, 0.25) is 0 Å². The van der Waals surface area contributed by atoms with E-state index in [-0.39, 0.29) is 17.4 Å². The third kappa shape index (κ3) is 6.10. The summed E-state index contributed by atoms with van der Waals surface area (Å²) in [5, 5.41) is 13.5. The Kier molecular flexibility index (Phi) is 8.63. The van der Waals surface area contributed by atoms with Crippen LogP contribution in [0.5, 0.6) is 5.75 Å². The average Bonchev–Trinajstić information content (AvgIpc) is 2.95. The quantitative estimate of drug-likeness (QED) is 0.324. The predicted octanol–water partition coefficient (Wildman–Crippen LogP) is 5.03. The van der Waals surface area contributed by atoms with Gasteiger partial charge < -0.3 is 19.9 Å². The van der Waals surface area contributed by atoms with E-state index >= 15 is 0 Å². The van der Waals surface area contributed by atoms with Gasteiger partial charge in [-0.1, -0.05) is 32.8 Å². The first-order valence-corrected chi connectivity index (χ1v) is 14.9. The highest BCUT2D eigenvalue weighted by Gasteiger charge is 2.36. The molecule has 1 aliphatic heterocycles. The van der Waals surface area contributed by atoms with E-state index in [1.165, 1.54) is 19.6 Å². The van der Waals surface area contributed by atoms with Gasteiger partial charge in [-0.15, -0.1) is 0 Å². The number of nitrogens with one attached hydrogen (secondary N) is 2. The maximum absolute atomic E-state index is 14.4. The van der Waals surface area contributed by atoms with Crippen molar-refractivity contribution in [3.05, 3.63) is 64.5 Å². The van der Waals surface area contributed by atoms with Crippen LogP contribution in [0.2, 0.25) is 0 Å². The number of fused-ring (bicyclic) bond motifs is 1. The van der Waals surface area contributed by atoms with E-state index in [0.717, 1.165) is 31.6 Å². The molecule has 1 saturated carbocycles. The molecule has 3 aromatic rings. The molecule has 0 radical (unpaired) electrons. The van der Waals surface area contributed by atoms with Gasteiger partial charge >= 0.3 is 0 Å². The molecule has 2 aliphatic rings. The Morgan fingerprint density at radius 2 is 1.88 bits per heavy atom. The molecule has 5 rings (SSSR count). The molecule has 2 fully saturated rings. The number of aryl methyl sites for hydroxylation is 2. The summed E-state index contributed by atoms with van der Waals surface area (Å²) in [6, 6.07) is 11.3. The Hall–Kier alpha value is -3.46. The molecule has 2 aromatic carbocycles. The fourth-order valence-electron chi connectivity index (χ4n) is 6.60. The van der Waals surface area contributed by atoms with Crippen LogP contribution in [0, 0.1) is 23.1 Å². The summed E-state index contributed by atoms with van der Waals surface area (Å²) in [5.41, 5.74) is 1.88. The van der Waals surface area contributed by atoms with Crippen LogP contribution in [0.4, 0.5) is 10.1 Å². The zero-order valence-corrected chi connectivity index (χ0v) is 24.9. The number of hydrogen-bond donors (Lipinski definition) is 2. The lowest BCUT2D eigenvalue weighted by molar-refractivity contribution is 0.223. The van der Waals surface area contributed by atoms with E-state index in [0.29, 0.717) is 65.1 Å². The molecule has 41 heavy (non-hydrogen) atoms. The smallest absolute Gasteiger partial charge is 0.261 e. The predicted molar refractivity (Wildman–Crippen MR) is 162 cm³/mol. The molecule has 0 amide bonds. The van der Waals surface area contributed by atoms with E-state index in [1.807, 2.05) is 18.2 Å². The Balaban J connectivity index is 1.45. The molecular formula is C32H43FN6O2. The largest absolute Gasteiger partial charge is 0.497 e. The van der Waals surface area contributed by atoms with Gasteiger partial charge in [-0.3, -0.25) is 14.8 Å². The Bertz CT molecular complexity index is 1450. The van der Waals surface area contributed by atoms with Crippen LogP contribution in [-0.4, -0.2) is 58.7 Å². The van der Waals surface area contributed by atoms with Crippen molar-refractivity contribution in [3.63, 3.8) is 0 Å². The van der Waals surface area contributed by atoms with Gasteiger partial charge in [0.25, 0.3) is 5.56 Å². The summed E-state index contributed by atoms with van der Waals surface area (Å²) < 4.78 is 21.1. The van der Waals surface area contributed by atoms with Crippen molar-refractivity contribution >= 4 is 22.5 Å². The lowest BCUT2D eigenvalue weighted by atomic mass is 9.77. The second kappa shape index (κ2) is 12.2. The zero-order valence-electron chi connectivity index (χ0n) is 24.9. The van der Waals surface area contributed by atoms with Crippen molar-refractivity contribution < 1.29 is 9.13 Å². The van der Waals surface area contributed by atoms with Crippen LogP contribution in [0.1, 0.15) is 52.5 Å². The first-order chi connectivity index (χ1) is 19.7. The second-order valence-electron chi connectivity index (χ2n) is 12.1. The number of benzene rings is 2. The number of piperazine rings is 1. The summed E-state index contributed by atoms with van der Waals surface area (Å²) in [4.78, 5) is 22.4. The summed E-state index contributed by atoms with van der Waals surface area (Å²) in [7, 11) is 1.50. The van der Waals surface area contributed by atoms with Crippen LogP contribution >= 0.6 is 0 Å². The third-order valence-corrected chi connectivity index (χ3v) is 9.05. The van der Waals surface area contributed by atoms with E-state index in [1.54, 1.807) is 23.0 Å². The lowest BCUT2D eigenvalue weighted by Crippen LogP contribution is -2.61. The number of methoxy groups -OCH3 is 1. The maximum atomic E-state index is 14.4. The molecule has 8 nitrogen and oxygen atoms in total. The Morgan fingerprint density at radius 1 is 1.12 bits per heavy atom. The number of aromatic nitrogens is 2. The number of rotatable bonds is 6. The first kappa shape index (κ1) is 29.0. The normalized spacial score (nSPS) is 24.8. The summed E-state index contributed by atoms with van der Waals surface area (Å²) >= 11 is 0. The molecule has 1 aromatic heterocycles. The molecule has 1 aliphatic carbocycles. The highest BCUT2D eigenvalue weighted by molar-refractivity contribution is 5.96. The maximum Gasteiger partial charge on any atom is 0.261 e. The van der Waals surface area contributed by atoms with Gasteiger partial charge in [0.1, 0.15) is 11.6 Å². The molecule has 9 heteroatoms. The van der Waals surface area contributed by atoms with Crippen molar-refractivity contribution in [2.24, 2.45) is 11.8 Å². The number of guanidine groups is 1. The molecular weight excluding hydrogens is 519 g/mol. The zero-order chi connectivity index (χ0) is 29.3. The highest BCUT2D eigenvalue weighted by Crippen LogP contribution is 2.36. The fraction of sp³-hybridized carbons (Fsp3) is 0.531. The number of ether oxygens (including phenoxy) is 1. The highest BCUT2D eigenvalue weighted by atomic mass is 19.1. The van der Waals surface area contributed by atoms with Gasteiger partial charge in [0.15, 0.2) is 5.96 Å². The second-order valence-corrected chi connectivity index (χ2v) is 12.1. The van der Waals surface area contributed by atoms with Crippen molar-refractivity contribution in [2.45, 2.75) is 78.0 Å². The van der Waals surface area contributed by atoms with Crippen LogP contribution in [0.15, 0.2) is 47.5 Å². The molecule has 220 valence electrons. The topological polar surface area (TPSA) is 86.5 Å². The van der Waals surface area contributed by atoms with Gasteiger partial charge in [-0.25, -0.2) is 9.37 Å². The number of nitrogens with zero attached hydrogens (tertiary/aromatic N) is 4. The Labute approximate surface area is 242 Å². The monoisotopic (exact) mass is 562 g/mol. The minimum Gasteiger partial charge on any atom is -0.497 e. The van der Waals surface area contributed by atoms with Crippen molar-refractivity contribution in [2.75, 3.05) is 25.1 Å². The molecule has 5 unspecified atom stereocenters. The molecule has 0 bridgehead atoms. The van der Waals surface area contributed by atoms with Crippen molar-refractivity contribution in [1.82, 2.24) is 19.8 Å². The van der Waals surface area contributed by atoms with Crippen LogP contribution in [-0.2, 0) is 13.0 Å². The van der Waals surface area contributed by atoms with E-state index in [9.17, 15) is 14.6 Å². The van der Waals surface area contributed by atoms with E-state index in [4.69, 9.17) is 4.74 Å². The van der Waals surface area contributed by atoms with Crippen molar-refractivity contribution in [1.29, 1.82) is 5.41 Å². The average molecular weight is 563 g/mol. The van der Waals surface area contributed by atoms with Gasteiger partial charge in [-0.05, 0) is 68.4 Å². The number of halogens is 1. The molecule has 5 atom stereocenters. The van der Waals surface area contributed by atoms with Crippen LogP contribution < -0.4 is 20.5 Å². The third-order valence-electron chi connectivity index (χ3n) is 9.05. The number of hydrogen-bond acceptors (Lipinski definition) is 5. The van der Waals surface area contributed by atoms with Crippen LogP contribution in [0.3, 0.4) is 0 Å². The van der Waals surface area contributed by atoms with Gasteiger partial charge in [0.05, 0.1) is 24.3 Å². The van der Waals surface area contributed by atoms with Crippen molar-refractivity contribution in [3.8, 4) is 5.75 Å². The summed E-state index contributed by atoms with van der Waals surface area (Å²) in [5.74, 6) is 1.64. The number of anilines is 1.